The van der Waals surface area contributed by atoms with E-state index < -0.39 is 5.97 Å². The first kappa shape index (κ1) is 12.5. The lowest BCUT2D eigenvalue weighted by atomic mass is 10.1. The Balaban J connectivity index is 2.02. The Kier molecular flexibility index (Phi) is 3.06. The van der Waals surface area contributed by atoms with Crippen molar-refractivity contribution in [2.45, 2.75) is 6.42 Å². The Morgan fingerprint density at radius 3 is 2.85 bits per heavy atom. The number of carbonyl (C=O) groups excluding carboxylic acids is 1. The van der Waals surface area contributed by atoms with Crippen molar-refractivity contribution in [3.63, 3.8) is 0 Å². The number of anilines is 3. The molecule has 0 spiro atoms. The summed E-state index contributed by atoms with van der Waals surface area (Å²) in [5, 5.41) is 0. The highest BCUT2D eigenvalue weighted by Gasteiger charge is 2.21. The van der Waals surface area contributed by atoms with E-state index in [1.165, 1.54) is 18.4 Å². The Labute approximate surface area is 117 Å². The van der Waals surface area contributed by atoms with Crippen LogP contribution >= 0.6 is 0 Å². The fourth-order valence-electron chi connectivity index (χ4n) is 2.61. The van der Waals surface area contributed by atoms with Crippen LogP contribution in [0.15, 0.2) is 42.5 Å². The van der Waals surface area contributed by atoms with Crippen LogP contribution in [0, 0.1) is 0 Å². The van der Waals surface area contributed by atoms with E-state index in [1.807, 2.05) is 18.2 Å². The number of methoxy groups -OCH3 is 1. The topological polar surface area (TPSA) is 55.6 Å². The maximum atomic E-state index is 11.7. The first-order valence-electron chi connectivity index (χ1n) is 6.54. The molecule has 1 heterocycles. The number of rotatable bonds is 2. The van der Waals surface area contributed by atoms with Gasteiger partial charge in [0.25, 0.3) is 0 Å². The summed E-state index contributed by atoms with van der Waals surface area (Å²) in [6.07, 6.45) is 1.01. The lowest BCUT2D eigenvalue weighted by Crippen LogP contribution is -2.15. The normalized spacial score (nSPS) is 13.2. The first-order chi connectivity index (χ1) is 9.70. The molecule has 0 fully saturated rings. The first-order valence-corrected chi connectivity index (χ1v) is 6.54. The number of nitrogens with zero attached hydrogens (tertiary/aromatic N) is 1. The van der Waals surface area contributed by atoms with Crippen LogP contribution in [0.2, 0.25) is 0 Å². The van der Waals surface area contributed by atoms with Crippen LogP contribution in [0.1, 0.15) is 15.9 Å². The van der Waals surface area contributed by atoms with Crippen LogP contribution in [0.4, 0.5) is 17.1 Å². The smallest absolute Gasteiger partial charge is 0.340 e. The van der Waals surface area contributed by atoms with Gasteiger partial charge in [-0.2, -0.15) is 0 Å². The number of nitrogens with two attached hydrogens (primary N) is 1. The summed E-state index contributed by atoms with van der Waals surface area (Å²) in [5.74, 6) is -0.406. The molecule has 1 aliphatic rings. The Morgan fingerprint density at radius 2 is 2.05 bits per heavy atom. The maximum absolute atomic E-state index is 11.7. The molecule has 0 saturated carbocycles. The molecule has 0 atom stereocenters. The summed E-state index contributed by atoms with van der Waals surface area (Å²) >= 11 is 0. The monoisotopic (exact) mass is 268 g/mol. The molecule has 0 aliphatic carbocycles. The van der Waals surface area contributed by atoms with E-state index in [-0.39, 0.29) is 0 Å². The zero-order valence-corrected chi connectivity index (χ0v) is 11.3. The van der Waals surface area contributed by atoms with Crippen molar-refractivity contribution in [2.24, 2.45) is 0 Å². The highest BCUT2D eigenvalue weighted by atomic mass is 16.5. The summed E-state index contributed by atoms with van der Waals surface area (Å²) in [5.41, 5.74) is 10.2. The summed E-state index contributed by atoms with van der Waals surface area (Å²) in [4.78, 5) is 13.9. The minimum absolute atomic E-state index is 0.406. The van der Waals surface area contributed by atoms with Crippen molar-refractivity contribution in [1.29, 1.82) is 0 Å². The predicted molar refractivity (Wildman–Crippen MR) is 79.3 cm³/mol. The number of ether oxygens (including phenoxy) is 1. The largest absolute Gasteiger partial charge is 0.465 e. The summed E-state index contributed by atoms with van der Waals surface area (Å²) < 4.78 is 4.77. The SMILES string of the molecule is COC(=O)c1cc(N2CCc3ccccc32)ccc1N. The van der Waals surface area contributed by atoms with Gasteiger partial charge in [-0.1, -0.05) is 18.2 Å². The molecule has 0 bridgehead atoms. The third-order valence-corrected chi connectivity index (χ3v) is 3.64. The van der Waals surface area contributed by atoms with Crippen LogP contribution in [0.25, 0.3) is 0 Å². The molecule has 2 aromatic rings. The van der Waals surface area contributed by atoms with Gasteiger partial charge in [0.05, 0.1) is 12.7 Å². The summed E-state index contributed by atoms with van der Waals surface area (Å²) in [6, 6.07) is 13.8. The van der Waals surface area contributed by atoms with E-state index in [1.54, 1.807) is 12.1 Å². The number of para-hydroxylation sites is 1. The molecule has 0 radical (unpaired) electrons. The average molecular weight is 268 g/mol. The highest BCUT2D eigenvalue weighted by Crippen LogP contribution is 2.35. The molecule has 4 nitrogen and oxygen atoms in total. The lowest BCUT2D eigenvalue weighted by molar-refractivity contribution is 0.0602. The third-order valence-electron chi connectivity index (χ3n) is 3.64. The minimum Gasteiger partial charge on any atom is -0.465 e. The standard InChI is InChI=1S/C16H16N2O2/c1-20-16(19)13-10-12(6-7-14(13)17)18-9-8-11-4-2-3-5-15(11)18/h2-7,10H,8-9,17H2,1H3. The molecular weight excluding hydrogens is 252 g/mol. The highest BCUT2D eigenvalue weighted by molar-refractivity contribution is 5.96. The summed E-state index contributed by atoms with van der Waals surface area (Å²) in [7, 11) is 1.36. The number of fused-ring (bicyclic) bond motifs is 1. The molecule has 0 aromatic heterocycles. The van der Waals surface area contributed by atoms with Crippen LogP contribution in [0.5, 0.6) is 0 Å². The number of hydrogen-bond acceptors (Lipinski definition) is 4. The molecule has 1 aliphatic heterocycles. The van der Waals surface area contributed by atoms with Gasteiger partial charge in [-0.25, -0.2) is 4.79 Å². The molecule has 4 heteroatoms. The van der Waals surface area contributed by atoms with Crippen LogP contribution in [0.3, 0.4) is 0 Å². The van der Waals surface area contributed by atoms with Gasteiger partial charge >= 0.3 is 5.97 Å². The zero-order chi connectivity index (χ0) is 14.1. The second-order valence-electron chi connectivity index (χ2n) is 4.79. The fraction of sp³-hybridized carbons (Fsp3) is 0.188. The van der Waals surface area contributed by atoms with Crippen molar-refractivity contribution < 1.29 is 9.53 Å². The fourth-order valence-corrected chi connectivity index (χ4v) is 2.61. The predicted octanol–water partition coefficient (Wildman–Crippen LogP) is 2.75. The summed E-state index contributed by atoms with van der Waals surface area (Å²) in [6.45, 7) is 0.907. The molecule has 102 valence electrons. The van der Waals surface area contributed by atoms with Crippen molar-refractivity contribution in [2.75, 3.05) is 24.3 Å². The molecule has 2 aromatic carbocycles. The van der Waals surface area contributed by atoms with Crippen molar-refractivity contribution in [3.8, 4) is 0 Å². The second-order valence-corrected chi connectivity index (χ2v) is 4.79. The Morgan fingerprint density at radius 1 is 1.25 bits per heavy atom. The van der Waals surface area contributed by atoms with Gasteiger partial charge in [-0.15, -0.1) is 0 Å². The maximum Gasteiger partial charge on any atom is 0.340 e. The quantitative estimate of drug-likeness (QED) is 0.672. The lowest BCUT2D eigenvalue weighted by Gasteiger charge is -2.20. The van der Waals surface area contributed by atoms with Crippen molar-refractivity contribution in [3.05, 3.63) is 53.6 Å². The van der Waals surface area contributed by atoms with E-state index in [9.17, 15) is 4.79 Å². The van der Waals surface area contributed by atoms with Gasteiger partial charge < -0.3 is 15.4 Å². The molecular formula is C16H16N2O2. The van der Waals surface area contributed by atoms with Gasteiger partial charge in [0.15, 0.2) is 0 Å². The van der Waals surface area contributed by atoms with Gasteiger partial charge in [-0.3, -0.25) is 0 Å². The number of benzene rings is 2. The number of carbonyl (C=O) groups is 1. The van der Waals surface area contributed by atoms with E-state index in [4.69, 9.17) is 10.5 Å². The van der Waals surface area contributed by atoms with Crippen LogP contribution in [-0.4, -0.2) is 19.6 Å². The molecule has 0 saturated heterocycles. The van der Waals surface area contributed by atoms with Crippen LogP contribution in [-0.2, 0) is 11.2 Å². The van der Waals surface area contributed by atoms with Gasteiger partial charge in [0.1, 0.15) is 0 Å². The molecule has 0 amide bonds. The van der Waals surface area contributed by atoms with E-state index in [0.717, 1.165) is 18.7 Å². The third kappa shape index (κ3) is 1.99. The van der Waals surface area contributed by atoms with E-state index >= 15 is 0 Å². The van der Waals surface area contributed by atoms with Crippen molar-refractivity contribution in [1.82, 2.24) is 0 Å². The molecule has 2 N–H and O–H groups in total. The minimum atomic E-state index is -0.406. The Bertz CT molecular complexity index is 667. The van der Waals surface area contributed by atoms with Gasteiger partial charge in [0, 0.05) is 23.6 Å². The van der Waals surface area contributed by atoms with Gasteiger partial charge in [0.2, 0.25) is 0 Å². The van der Waals surface area contributed by atoms with E-state index in [2.05, 4.69) is 17.0 Å². The molecule has 0 unspecified atom stereocenters. The number of esters is 1. The zero-order valence-electron chi connectivity index (χ0n) is 11.3. The average Bonchev–Trinajstić information content (AvgIpc) is 2.91. The second kappa shape index (κ2) is 4.89. The van der Waals surface area contributed by atoms with E-state index in [0.29, 0.717) is 11.3 Å². The molecule has 20 heavy (non-hydrogen) atoms. The molecule has 3 rings (SSSR count). The van der Waals surface area contributed by atoms with Gasteiger partial charge in [-0.05, 0) is 36.2 Å². The number of nitrogen functional groups attached to an aromatic ring is 1. The Hall–Kier alpha value is -2.49. The van der Waals surface area contributed by atoms with Crippen molar-refractivity contribution >= 4 is 23.0 Å². The van der Waals surface area contributed by atoms with Crippen LogP contribution < -0.4 is 10.6 Å². The number of hydrogen-bond donors (Lipinski definition) is 1.